The summed E-state index contributed by atoms with van der Waals surface area (Å²) in [5.41, 5.74) is -1.03. The number of aliphatic hydroxyl groups is 2. The van der Waals surface area contributed by atoms with Crippen LogP contribution in [0.15, 0.2) is 68.7 Å². The second kappa shape index (κ2) is 16.7. The molecule has 2 aliphatic carbocycles. The lowest BCUT2D eigenvalue weighted by atomic mass is 9.74. The largest absolute Gasteiger partial charge is 0.433 e. The zero-order chi connectivity index (χ0) is 45.1. The number of halogens is 12. The third kappa shape index (κ3) is 9.12. The number of ketones is 2. The summed E-state index contributed by atoms with van der Waals surface area (Å²) in [5.74, 6) is -6.63. The summed E-state index contributed by atoms with van der Waals surface area (Å²) in [6.45, 7) is 1.23. The Hall–Kier alpha value is -4.86. The molecule has 0 spiro atoms. The maximum absolute atomic E-state index is 13.7. The molecule has 2 aromatic heterocycles. The quantitative estimate of drug-likeness (QED) is 0.310. The van der Waals surface area contributed by atoms with E-state index in [1.807, 2.05) is 0 Å². The SMILES string of the molecule is O=C1CC2=C(C(C3CCN(c4cccc(C(F)(F)F)n4)CC3)=NC2)[C@@H](C(F)(F)F)[C@H]1O.O=C1CC2=C(C(C3CCN(c4cccc(C(F)(F)F)n4)CC3)=NC2)[C@H](C(F)(F)F)[C@@H]1O. The number of carbonyl (C=O) groups excluding carboxylic acids is 2. The summed E-state index contributed by atoms with van der Waals surface area (Å²) in [4.78, 5) is 42.9. The second-order valence-corrected chi connectivity index (χ2v) is 15.9. The minimum atomic E-state index is -4.79. The monoisotopic (exact) mass is 894 g/mol. The first kappa shape index (κ1) is 45.2. The fourth-order valence-corrected chi connectivity index (χ4v) is 9.10. The molecule has 0 bridgehead atoms. The first-order chi connectivity index (χ1) is 28.9. The van der Waals surface area contributed by atoms with Crippen molar-refractivity contribution >= 4 is 34.6 Å². The molecule has 62 heavy (non-hydrogen) atoms. The minimum absolute atomic E-state index is 0.00506. The Morgan fingerprint density at radius 2 is 0.871 bits per heavy atom. The number of hydrogen-bond donors (Lipinski definition) is 2. The van der Waals surface area contributed by atoms with Gasteiger partial charge in [-0.25, -0.2) is 9.97 Å². The van der Waals surface area contributed by atoms with Crippen LogP contribution in [-0.2, 0) is 21.9 Å². The third-order valence-corrected chi connectivity index (χ3v) is 12.0. The standard InChI is InChI=1S/2C20H19F6N3O2/c2*21-19(22,23)13-2-1-3-14(28-13)29-6-4-10(5-7-29)17-15-11(9-27-17)8-12(30)18(31)16(15)20(24,25)26/h2*1-3,10,16,18,31H,4-9H2/t2*16-,18+/m10/s1. The molecule has 2 aromatic rings. The zero-order valence-electron chi connectivity index (χ0n) is 32.3. The highest BCUT2D eigenvalue weighted by Crippen LogP contribution is 2.47. The molecule has 8 rings (SSSR count). The van der Waals surface area contributed by atoms with E-state index in [4.69, 9.17) is 0 Å². The van der Waals surface area contributed by atoms with Crippen molar-refractivity contribution in [2.24, 2.45) is 33.7 Å². The Kier molecular flexibility index (Phi) is 12.2. The van der Waals surface area contributed by atoms with Crippen molar-refractivity contribution in [3.05, 3.63) is 70.1 Å². The van der Waals surface area contributed by atoms with Gasteiger partial charge in [-0.2, -0.15) is 52.7 Å². The third-order valence-electron chi connectivity index (χ3n) is 12.0. The average molecular weight is 895 g/mol. The molecule has 6 aliphatic rings. The van der Waals surface area contributed by atoms with E-state index in [1.54, 1.807) is 9.80 Å². The van der Waals surface area contributed by atoms with Crippen molar-refractivity contribution in [1.29, 1.82) is 0 Å². The van der Waals surface area contributed by atoms with Crippen LogP contribution in [0.5, 0.6) is 0 Å². The molecule has 4 aliphatic heterocycles. The lowest BCUT2D eigenvalue weighted by Crippen LogP contribution is -2.46. The van der Waals surface area contributed by atoms with Crippen molar-refractivity contribution in [2.75, 3.05) is 49.1 Å². The molecule has 0 amide bonds. The minimum Gasteiger partial charge on any atom is -0.384 e. The summed E-state index contributed by atoms with van der Waals surface area (Å²) in [6, 6.07) is 7.22. The van der Waals surface area contributed by atoms with Gasteiger partial charge in [0.2, 0.25) is 0 Å². The van der Waals surface area contributed by atoms with E-state index >= 15 is 0 Å². The number of rotatable bonds is 4. The lowest BCUT2D eigenvalue weighted by Gasteiger charge is -2.36. The van der Waals surface area contributed by atoms with Crippen molar-refractivity contribution in [3.8, 4) is 0 Å². The van der Waals surface area contributed by atoms with E-state index in [9.17, 15) is 72.5 Å². The number of carbonyl (C=O) groups is 2. The molecule has 6 heterocycles. The van der Waals surface area contributed by atoms with Crippen molar-refractivity contribution in [3.63, 3.8) is 0 Å². The number of hydrogen-bond acceptors (Lipinski definition) is 10. The molecule has 4 atom stereocenters. The lowest BCUT2D eigenvalue weighted by molar-refractivity contribution is -0.191. The van der Waals surface area contributed by atoms with Crippen LogP contribution in [0.1, 0.15) is 49.9 Å². The molecule has 2 N–H and O–H groups in total. The second-order valence-electron chi connectivity index (χ2n) is 15.9. The van der Waals surface area contributed by atoms with Crippen LogP contribution < -0.4 is 9.80 Å². The van der Waals surface area contributed by atoms with E-state index in [1.165, 1.54) is 24.3 Å². The molecule has 2 saturated heterocycles. The fraction of sp³-hybridized carbons (Fsp3) is 0.550. The summed E-state index contributed by atoms with van der Waals surface area (Å²) in [5, 5.41) is 19.9. The topological polar surface area (TPSA) is 132 Å². The number of pyridine rings is 2. The predicted octanol–water partition coefficient (Wildman–Crippen LogP) is 7.16. The van der Waals surface area contributed by atoms with Crippen molar-refractivity contribution in [1.82, 2.24) is 9.97 Å². The van der Waals surface area contributed by atoms with Crippen LogP contribution in [0.2, 0.25) is 0 Å². The Morgan fingerprint density at radius 3 is 1.18 bits per heavy atom. The Morgan fingerprint density at radius 1 is 0.532 bits per heavy atom. The van der Waals surface area contributed by atoms with Crippen LogP contribution in [0.25, 0.3) is 0 Å². The van der Waals surface area contributed by atoms with Gasteiger partial charge in [-0.1, -0.05) is 12.1 Å². The van der Waals surface area contributed by atoms with E-state index in [2.05, 4.69) is 20.0 Å². The van der Waals surface area contributed by atoms with Gasteiger partial charge in [-0.05, 0) is 72.2 Å². The van der Waals surface area contributed by atoms with Crippen LogP contribution >= 0.6 is 0 Å². The highest BCUT2D eigenvalue weighted by Gasteiger charge is 2.56. The summed E-state index contributed by atoms with van der Waals surface area (Å²) in [7, 11) is 0. The molecule has 0 saturated carbocycles. The number of aliphatic imine (C=N–C) groups is 2. The maximum atomic E-state index is 13.7. The normalized spacial score (nSPS) is 25.7. The first-order valence-corrected chi connectivity index (χ1v) is 19.6. The number of piperidine rings is 2. The number of alkyl halides is 12. The molecular formula is C40H38F12N6O4. The van der Waals surface area contributed by atoms with E-state index in [-0.39, 0.29) is 72.0 Å². The average Bonchev–Trinajstić information content (AvgIpc) is 3.81. The van der Waals surface area contributed by atoms with Gasteiger partial charge in [-0.3, -0.25) is 19.6 Å². The first-order valence-electron chi connectivity index (χ1n) is 19.6. The van der Waals surface area contributed by atoms with Crippen LogP contribution in [0, 0.1) is 23.7 Å². The van der Waals surface area contributed by atoms with E-state index in [0.29, 0.717) is 63.0 Å². The summed E-state index contributed by atoms with van der Waals surface area (Å²) in [6.07, 6.45) is -22.0. The summed E-state index contributed by atoms with van der Waals surface area (Å²) >= 11 is 0. The Bertz CT molecular complexity index is 2040. The van der Waals surface area contributed by atoms with Crippen molar-refractivity contribution in [2.45, 2.75) is 75.4 Å². The van der Waals surface area contributed by atoms with Crippen LogP contribution in [-0.4, -0.2) is 107 Å². The number of aliphatic hydroxyl groups excluding tert-OH is 2. The van der Waals surface area contributed by atoms with Gasteiger partial charge in [-0.15, -0.1) is 0 Å². The van der Waals surface area contributed by atoms with Gasteiger partial charge in [0.15, 0.2) is 11.6 Å². The highest BCUT2D eigenvalue weighted by atomic mass is 19.4. The fourth-order valence-electron chi connectivity index (χ4n) is 9.10. The number of anilines is 2. The smallest absolute Gasteiger partial charge is 0.384 e. The Balaban J connectivity index is 0.000000186. The summed E-state index contributed by atoms with van der Waals surface area (Å²) < 4.78 is 159. The van der Waals surface area contributed by atoms with Crippen LogP contribution in [0.3, 0.4) is 0 Å². The van der Waals surface area contributed by atoms with Gasteiger partial charge in [0.25, 0.3) is 0 Å². The zero-order valence-corrected chi connectivity index (χ0v) is 32.3. The molecule has 0 radical (unpaired) electrons. The number of Topliss-reactive ketones (excluding diaryl/α,β-unsaturated/α-hetero) is 2. The van der Waals surface area contributed by atoms with Gasteiger partial charge in [0, 0.05) is 62.3 Å². The van der Waals surface area contributed by atoms with Crippen LogP contribution in [0.4, 0.5) is 64.3 Å². The molecule has 0 unspecified atom stereocenters. The van der Waals surface area contributed by atoms with Gasteiger partial charge in [0.05, 0.1) is 13.1 Å². The molecule has 22 heteroatoms. The highest BCUT2D eigenvalue weighted by molar-refractivity contribution is 6.09. The van der Waals surface area contributed by atoms with Crippen molar-refractivity contribution < 1.29 is 72.5 Å². The predicted molar refractivity (Wildman–Crippen MR) is 197 cm³/mol. The number of aromatic nitrogens is 2. The molecular weight excluding hydrogens is 856 g/mol. The molecule has 336 valence electrons. The number of nitrogens with zero attached hydrogens (tertiary/aromatic N) is 6. The molecule has 2 fully saturated rings. The van der Waals surface area contributed by atoms with Gasteiger partial charge >= 0.3 is 24.7 Å². The maximum Gasteiger partial charge on any atom is 0.433 e. The molecule has 10 nitrogen and oxygen atoms in total. The van der Waals surface area contributed by atoms with Gasteiger partial charge < -0.3 is 20.0 Å². The van der Waals surface area contributed by atoms with E-state index in [0.717, 1.165) is 12.1 Å². The Labute approximate surface area is 345 Å². The molecule has 0 aromatic carbocycles. The van der Waals surface area contributed by atoms with E-state index < -0.39 is 71.7 Å². The van der Waals surface area contributed by atoms with Gasteiger partial charge in [0.1, 0.15) is 47.1 Å².